The van der Waals surface area contributed by atoms with Gasteiger partial charge in [0.25, 0.3) is 0 Å². The zero-order valence-electron chi connectivity index (χ0n) is 9.31. The molecule has 1 heterocycles. The van der Waals surface area contributed by atoms with Crippen molar-refractivity contribution in [2.24, 2.45) is 0 Å². The van der Waals surface area contributed by atoms with E-state index in [-0.39, 0.29) is 11.0 Å². The molecule has 0 amide bonds. The highest BCUT2D eigenvalue weighted by molar-refractivity contribution is 7.90. The van der Waals surface area contributed by atoms with Gasteiger partial charge in [-0.2, -0.15) is 0 Å². The molecule has 1 aromatic heterocycles. The van der Waals surface area contributed by atoms with Crippen molar-refractivity contribution in [3.63, 3.8) is 0 Å². The molecular formula is C10H15NO3S. The van der Waals surface area contributed by atoms with Crippen LogP contribution in [0.4, 0.5) is 0 Å². The van der Waals surface area contributed by atoms with Crippen LogP contribution in [-0.2, 0) is 9.84 Å². The van der Waals surface area contributed by atoms with Crippen molar-refractivity contribution in [2.75, 3.05) is 6.26 Å². The first kappa shape index (κ1) is 12.0. The number of pyridine rings is 1. The topological polar surface area (TPSA) is 56.3 Å². The van der Waals surface area contributed by atoms with Gasteiger partial charge in [0.2, 0.25) is 0 Å². The van der Waals surface area contributed by atoms with Gasteiger partial charge >= 0.3 is 0 Å². The Balaban J connectivity index is 3.18. The first-order valence-corrected chi connectivity index (χ1v) is 6.53. The van der Waals surface area contributed by atoms with Gasteiger partial charge < -0.3 is 4.74 Å². The molecule has 0 saturated carbocycles. The number of nitrogens with zero attached hydrogens (tertiary/aromatic N) is 1. The zero-order valence-corrected chi connectivity index (χ0v) is 10.1. The summed E-state index contributed by atoms with van der Waals surface area (Å²) in [5.41, 5.74) is 0.494. The molecule has 0 saturated heterocycles. The van der Waals surface area contributed by atoms with E-state index in [2.05, 4.69) is 4.98 Å². The fourth-order valence-electron chi connectivity index (χ4n) is 1.21. The van der Waals surface area contributed by atoms with E-state index in [0.29, 0.717) is 11.4 Å². The zero-order chi connectivity index (χ0) is 11.6. The Labute approximate surface area is 90.2 Å². The summed E-state index contributed by atoms with van der Waals surface area (Å²) in [6.07, 6.45) is 2.70. The fraction of sp³-hybridized carbons (Fsp3) is 0.500. The van der Waals surface area contributed by atoms with E-state index in [4.69, 9.17) is 4.74 Å². The minimum atomic E-state index is -3.23. The quantitative estimate of drug-likeness (QED) is 0.789. The van der Waals surface area contributed by atoms with Gasteiger partial charge in [-0.15, -0.1) is 0 Å². The van der Waals surface area contributed by atoms with E-state index in [9.17, 15) is 8.42 Å². The van der Waals surface area contributed by atoms with Crippen LogP contribution in [0.25, 0.3) is 0 Å². The Kier molecular flexibility index (Phi) is 3.34. The highest BCUT2D eigenvalue weighted by Gasteiger charge is 2.13. The molecule has 0 spiro atoms. The van der Waals surface area contributed by atoms with Gasteiger partial charge in [-0.25, -0.2) is 8.42 Å². The summed E-state index contributed by atoms with van der Waals surface area (Å²) < 4.78 is 28.2. The lowest BCUT2D eigenvalue weighted by atomic mass is 10.3. The predicted molar refractivity (Wildman–Crippen MR) is 57.8 cm³/mol. The lowest BCUT2D eigenvalue weighted by Gasteiger charge is -2.11. The second-order valence-electron chi connectivity index (χ2n) is 3.69. The Morgan fingerprint density at radius 1 is 1.40 bits per heavy atom. The smallest absolute Gasteiger partial charge is 0.177 e. The molecule has 1 aromatic rings. The largest absolute Gasteiger partial charge is 0.489 e. The van der Waals surface area contributed by atoms with Crippen LogP contribution in [-0.4, -0.2) is 25.8 Å². The average Bonchev–Trinajstić information content (AvgIpc) is 2.05. The second kappa shape index (κ2) is 4.18. The van der Waals surface area contributed by atoms with E-state index in [1.165, 1.54) is 12.3 Å². The average molecular weight is 229 g/mol. The van der Waals surface area contributed by atoms with E-state index >= 15 is 0 Å². The molecule has 4 nitrogen and oxygen atoms in total. The summed E-state index contributed by atoms with van der Waals surface area (Å²) >= 11 is 0. The fourth-order valence-corrected chi connectivity index (χ4v) is 2.13. The minimum absolute atomic E-state index is 0.00177. The third-order valence-electron chi connectivity index (χ3n) is 1.79. The Bertz CT molecular complexity index is 452. The number of rotatable bonds is 3. The Morgan fingerprint density at radius 2 is 2.00 bits per heavy atom. The molecule has 0 atom stereocenters. The van der Waals surface area contributed by atoms with Crippen LogP contribution in [0.2, 0.25) is 0 Å². The highest BCUT2D eigenvalue weighted by Crippen LogP contribution is 2.20. The van der Waals surface area contributed by atoms with Crippen molar-refractivity contribution in [3.8, 4) is 5.75 Å². The van der Waals surface area contributed by atoms with Crippen LogP contribution in [0.3, 0.4) is 0 Å². The van der Waals surface area contributed by atoms with E-state index in [1.54, 1.807) is 6.92 Å². The number of aromatic nitrogens is 1. The monoisotopic (exact) mass is 229 g/mol. The summed E-state index contributed by atoms with van der Waals surface area (Å²) in [7, 11) is -3.23. The SMILES string of the molecule is Cc1ncc(OC(C)C)cc1S(C)(=O)=O. The minimum Gasteiger partial charge on any atom is -0.489 e. The standard InChI is InChI=1S/C10H15NO3S/c1-7(2)14-9-5-10(15(4,12)13)8(3)11-6-9/h5-7H,1-4H3. The molecule has 0 aliphatic rings. The van der Waals surface area contributed by atoms with Crippen molar-refractivity contribution in [3.05, 3.63) is 18.0 Å². The number of aryl methyl sites for hydroxylation is 1. The molecule has 0 radical (unpaired) electrons. The first-order valence-electron chi connectivity index (χ1n) is 4.64. The molecule has 0 aliphatic heterocycles. The van der Waals surface area contributed by atoms with Crippen molar-refractivity contribution in [1.82, 2.24) is 4.98 Å². The third kappa shape index (κ3) is 3.20. The van der Waals surface area contributed by atoms with Crippen LogP contribution in [0, 0.1) is 6.92 Å². The van der Waals surface area contributed by atoms with Crippen molar-refractivity contribution in [2.45, 2.75) is 31.8 Å². The van der Waals surface area contributed by atoms with Gasteiger partial charge in [0, 0.05) is 12.3 Å². The Hall–Kier alpha value is -1.10. The van der Waals surface area contributed by atoms with E-state index in [0.717, 1.165) is 6.26 Å². The maximum absolute atomic E-state index is 11.4. The molecule has 0 bridgehead atoms. The maximum atomic E-state index is 11.4. The van der Waals surface area contributed by atoms with Crippen molar-refractivity contribution >= 4 is 9.84 Å². The molecule has 15 heavy (non-hydrogen) atoms. The van der Waals surface area contributed by atoms with Gasteiger partial charge in [-0.3, -0.25) is 4.98 Å². The van der Waals surface area contributed by atoms with E-state index < -0.39 is 9.84 Å². The molecule has 0 fully saturated rings. The van der Waals surface area contributed by atoms with Crippen LogP contribution < -0.4 is 4.74 Å². The molecule has 1 rings (SSSR count). The second-order valence-corrected chi connectivity index (χ2v) is 5.68. The number of sulfone groups is 1. The summed E-state index contributed by atoms with van der Waals surface area (Å²) in [6, 6.07) is 1.51. The van der Waals surface area contributed by atoms with Gasteiger partial charge in [-0.05, 0) is 20.8 Å². The molecule has 0 unspecified atom stereocenters. The van der Waals surface area contributed by atoms with E-state index in [1.807, 2.05) is 13.8 Å². The van der Waals surface area contributed by atoms with Gasteiger partial charge in [0.05, 0.1) is 22.9 Å². The van der Waals surface area contributed by atoms with Crippen molar-refractivity contribution < 1.29 is 13.2 Å². The first-order chi connectivity index (χ1) is 6.80. The number of hydrogen-bond donors (Lipinski definition) is 0. The predicted octanol–water partition coefficient (Wildman–Crippen LogP) is 1.58. The van der Waals surface area contributed by atoms with Gasteiger partial charge in [-0.1, -0.05) is 0 Å². The van der Waals surface area contributed by atoms with Gasteiger partial charge in [0.1, 0.15) is 5.75 Å². The molecule has 0 N–H and O–H groups in total. The van der Waals surface area contributed by atoms with Crippen LogP contribution >= 0.6 is 0 Å². The summed E-state index contributed by atoms with van der Waals surface area (Å²) in [5, 5.41) is 0. The third-order valence-corrected chi connectivity index (χ3v) is 3.00. The maximum Gasteiger partial charge on any atom is 0.177 e. The van der Waals surface area contributed by atoms with Gasteiger partial charge in [0.15, 0.2) is 9.84 Å². The summed E-state index contributed by atoms with van der Waals surface area (Å²) in [5.74, 6) is 0.482. The molecule has 0 aromatic carbocycles. The van der Waals surface area contributed by atoms with Crippen LogP contribution in [0.15, 0.2) is 17.2 Å². The van der Waals surface area contributed by atoms with Crippen molar-refractivity contribution in [1.29, 1.82) is 0 Å². The molecule has 5 heteroatoms. The lowest BCUT2D eigenvalue weighted by Crippen LogP contribution is -2.08. The number of hydrogen-bond acceptors (Lipinski definition) is 4. The molecule has 0 aliphatic carbocycles. The normalized spacial score (nSPS) is 11.8. The summed E-state index contributed by atoms with van der Waals surface area (Å²) in [4.78, 5) is 4.22. The molecule has 84 valence electrons. The van der Waals surface area contributed by atoms with Crippen LogP contribution in [0.1, 0.15) is 19.5 Å². The number of ether oxygens (including phenoxy) is 1. The Morgan fingerprint density at radius 3 is 2.47 bits per heavy atom. The summed E-state index contributed by atoms with van der Waals surface area (Å²) in [6.45, 7) is 5.41. The highest BCUT2D eigenvalue weighted by atomic mass is 32.2. The van der Waals surface area contributed by atoms with Crippen LogP contribution in [0.5, 0.6) is 5.75 Å². The molecular weight excluding hydrogens is 214 g/mol. The lowest BCUT2D eigenvalue weighted by molar-refractivity contribution is 0.240.